The van der Waals surface area contributed by atoms with Crippen LogP contribution in [-0.4, -0.2) is 26.9 Å². The zero-order valence-electron chi connectivity index (χ0n) is 18.8. The van der Waals surface area contributed by atoms with Crippen molar-refractivity contribution in [1.29, 1.82) is 0 Å². The van der Waals surface area contributed by atoms with Crippen LogP contribution in [0.1, 0.15) is 33.5 Å². The summed E-state index contributed by atoms with van der Waals surface area (Å²) in [6.07, 6.45) is -0.796. The molecule has 0 unspecified atom stereocenters. The fourth-order valence-electron chi connectivity index (χ4n) is 4.02. The summed E-state index contributed by atoms with van der Waals surface area (Å²) in [5.74, 6) is -1.16. The smallest absolute Gasteiger partial charge is 0.404 e. The predicted molar refractivity (Wildman–Crippen MR) is 127 cm³/mol. The number of fused-ring (bicyclic) bond motifs is 1. The van der Waals surface area contributed by atoms with E-state index in [-0.39, 0.29) is 17.8 Å². The molecule has 0 aromatic heterocycles. The lowest BCUT2D eigenvalue weighted by molar-refractivity contribution is -0.274. The second-order valence-electron chi connectivity index (χ2n) is 8.27. The first-order valence-corrected chi connectivity index (χ1v) is 12.7. The molecular formula is C25H23F3N2O4S. The van der Waals surface area contributed by atoms with E-state index in [0.717, 1.165) is 37.1 Å². The zero-order valence-corrected chi connectivity index (χ0v) is 19.6. The highest BCUT2D eigenvalue weighted by Crippen LogP contribution is 2.31. The average molecular weight is 505 g/mol. The molecule has 0 radical (unpaired) electrons. The molecule has 3 aromatic carbocycles. The first kappa shape index (κ1) is 24.6. The van der Waals surface area contributed by atoms with Gasteiger partial charge in [0, 0.05) is 5.56 Å². The molecule has 0 aliphatic heterocycles. The van der Waals surface area contributed by atoms with Crippen molar-refractivity contribution in [1.82, 2.24) is 0 Å². The Morgan fingerprint density at radius 3 is 2.37 bits per heavy atom. The number of rotatable bonds is 7. The van der Waals surface area contributed by atoms with Crippen LogP contribution in [-0.2, 0) is 29.4 Å². The van der Waals surface area contributed by atoms with E-state index < -0.39 is 28.0 Å². The minimum Gasteiger partial charge on any atom is -0.404 e. The van der Waals surface area contributed by atoms with Crippen molar-refractivity contribution in [2.24, 2.45) is 0 Å². The quantitative estimate of drug-likeness (QED) is 0.474. The van der Waals surface area contributed by atoms with Gasteiger partial charge in [0.2, 0.25) is 10.0 Å². The Morgan fingerprint density at radius 1 is 1.00 bits per heavy atom. The van der Waals surface area contributed by atoms with Crippen LogP contribution in [0.3, 0.4) is 0 Å². The van der Waals surface area contributed by atoms with E-state index in [9.17, 15) is 26.4 Å². The van der Waals surface area contributed by atoms with Crippen LogP contribution >= 0.6 is 0 Å². The Kier molecular flexibility index (Phi) is 6.75. The van der Waals surface area contributed by atoms with Crippen LogP contribution in [0.4, 0.5) is 24.5 Å². The summed E-state index contributed by atoms with van der Waals surface area (Å²) in [4.78, 5) is 12.6. The Balaban J connectivity index is 1.50. The van der Waals surface area contributed by atoms with E-state index in [2.05, 4.69) is 10.1 Å². The first-order valence-electron chi connectivity index (χ1n) is 10.8. The number of amides is 1. The second-order valence-corrected chi connectivity index (χ2v) is 10.2. The Hall–Kier alpha value is -3.53. The average Bonchev–Trinajstić information content (AvgIpc) is 3.25. The van der Waals surface area contributed by atoms with Crippen LogP contribution in [0.15, 0.2) is 66.7 Å². The largest absolute Gasteiger partial charge is 0.573 e. The molecule has 1 N–H and O–H groups in total. The molecule has 1 aliphatic rings. The number of benzene rings is 3. The molecular weight excluding hydrogens is 481 g/mol. The number of ether oxygens (including phenoxy) is 1. The van der Waals surface area contributed by atoms with E-state index in [0.29, 0.717) is 11.3 Å². The summed E-state index contributed by atoms with van der Waals surface area (Å²) < 4.78 is 68.2. The topological polar surface area (TPSA) is 75.7 Å². The minimum absolute atomic E-state index is 0.0712. The fourth-order valence-corrected chi connectivity index (χ4v) is 4.90. The summed E-state index contributed by atoms with van der Waals surface area (Å²) >= 11 is 0. The molecule has 0 heterocycles. The van der Waals surface area contributed by atoms with Gasteiger partial charge < -0.3 is 10.1 Å². The maximum atomic E-state index is 12.6. The molecule has 35 heavy (non-hydrogen) atoms. The van der Waals surface area contributed by atoms with Gasteiger partial charge in [0.05, 0.1) is 24.2 Å². The summed E-state index contributed by atoms with van der Waals surface area (Å²) in [6.45, 7) is 0.0712. The SMILES string of the molecule is CS(=O)(=O)N(Cc1ccc(C(=O)Nc2ccccc2OC(F)(F)F)cc1)c1ccc2c(c1)CCC2. The summed E-state index contributed by atoms with van der Waals surface area (Å²) in [7, 11) is -3.57. The third kappa shape index (κ3) is 6.13. The lowest BCUT2D eigenvalue weighted by atomic mass is 10.1. The molecule has 10 heteroatoms. The molecule has 3 aromatic rings. The number of alkyl halides is 3. The van der Waals surface area contributed by atoms with Crippen molar-refractivity contribution in [2.45, 2.75) is 32.2 Å². The van der Waals surface area contributed by atoms with Gasteiger partial charge in [-0.15, -0.1) is 13.2 Å². The number of nitrogens with zero attached hydrogens (tertiary/aromatic N) is 1. The fraction of sp³-hybridized carbons (Fsp3) is 0.240. The van der Waals surface area contributed by atoms with Crippen LogP contribution < -0.4 is 14.4 Å². The monoisotopic (exact) mass is 504 g/mol. The Bertz CT molecular complexity index is 1340. The van der Waals surface area contributed by atoms with Gasteiger partial charge in [-0.05, 0) is 72.4 Å². The standard InChI is InChI=1S/C25H23F3N2O4S/c1-35(32,33)30(21-14-13-18-5-4-6-20(18)15-21)16-17-9-11-19(12-10-17)24(31)29-22-7-2-3-8-23(22)34-25(26,27)28/h2-3,7-15H,4-6,16H2,1H3,(H,29,31). The van der Waals surface area contributed by atoms with E-state index in [1.807, 2.05) is 12.1 Å². The van der Waals surface area contributed by atoms with Crippen LogP contribution in [0.5, 0.6) is 5.75 Å². The van der Waals surface area contributed by atoms with Gasteiger partial charge in [0.25, 0.3) is 5.91 Å². The Labute approximate surface area is 201 Å². The number of carbonyl (C=O) groups excluding carboxylic acids is 1. The van der Waals surface area contributed by atoms with E-state index >= 15 is 0 Å². The number of nitrogens with one attached hydrogen (secondary N) is 1. The van der Waals surface area contributed by atoms with Gasteiger partial charge in [0.1, 0.15) is 0 Å². The van der Waals surface area contributed by atoms with Gasteiger partial charge >= 0.3 is 6.36 Å². The van der Waals surface area contributed by atoms with Crippen molar-refractivity contribution in [3.63, 3.8) is 0 Å². The number of halogens is 3. The molecule has 4 rings (SSSR count). The van der Waals surface area contributed by atoms with Gasteiger partial charge in [-0.3, -0.25) is 9.10 Å². The molecule has 184 valence electrons. The van der Waals surface area contributed by atoms with Crippen molar-refractivity contribution >= 4 is 27.3 Å². The third-order valence-electron chi connectivity index (χ3n) is 5.67. The van der Waals surface area contributed by atoms with E-state index in [1.54, 1.807) is 18.2 Å². The number of hydrogen-bond donors (Lipinski definition) is 1. The van der Waals surface area contributed by atoms with Gasteiger partial charge in [-0.25, -0.2) is 8.42 Å². The molecule has 0 saturated heterocycles. The molecule has 0 spiro atoms. The number of para-hydroxylation sites is 2. The second kappa shape index (κ2) is 9.61. The maximum absolute atomic E-state index is 12.6. The number of anilines is 2. The van der Waals surface area contributed by atoms with Gasteiger partial charge in [-0.2, -0.15) is 0 Å². The van der Waals surface area contributed by atoms with Crippen molar-refractivity contribution in [2.75, 3.05) is 15.9 Å². The molecule has 0 fully saturated rings. The summed E-state index contributed by atoms with van der Waals surface area (Å²) in [5, 5.41) is 2.41. The number of aryl methyl sites for hydroxylation is 2. The lowest BCUT2D eigenvalue weighted by Gasteiger charge is -2.23. The number of sulfonamides is 1. The third-order valence-corrected chi connectivity index (χ3v) is 6.81. The summed E-state index contributed by atoms with van der Waals surface area (Å²) in [6, 6.07) is 17.1. The highest BCUT2D eigenvalue weighted by Gasteiger charge is 2.32. The summed E-state index contributed by atoms with van der Waals surface area (Å²) in [5.41, 5.74) is 3.68. The highest BCUT2D eigenvalue weighted by atomic mass is 32.2. The van der Waals surface area contributed by atoms with Crippen LogP contribution in [0.25, 0.3) is 0 Å². The zero-order chi connectivity index (χ0) is 25.2. The van der Waals surface area contributed by atoms with Gasteiger partial charge in [-0.1, -0.05) is 30.3 Å². The molecule has 6 nitrogen and oxygen atoms in total. The maximum Gasteiger partial charge on any atom is 0.573 e. The van der Waals surface area contributed by atoms with Gasteiger partial charge in [0.15, 0.2) is 5.75 Å². The van der Waals surface area contributed by atoms with Crippen LogP contribution in [0.2, 0.25) is 0 Å². The van der Waals surface area contributed by atoms with Crippen molar-refractivity contribution in [3.05, 3.63) is 89.0 Å². The molecule has 1 aliphatic carbocycles. The lowest BCUT2D eigenvalue weighted by Crippen LogP contribution is -2.29. The molecule has 0 saturated carbocycles. The Morgan fingerprint density at radius 2 is 1.69 bits per heavy atom. The predicted octanol–water partition coefficient (Wildman–Crippen LogP) is 5.29. The van der Waals surface area contributed by atoms with E-state index in [4.69, 9.17) is 0 Å². The van der Waals surface area contributed by atoms with Crippen molar-refractivity contribution < 1.29 is 31.1 Å². The number of carbonyl (C=O) groups is 1. The van der Waals surface area contributed by atoms with Crippen molar-refractivity contribution in [3.8, 4) is 5.75 Å². The highest BCUT2D eigenvalue weighted by molar-refractivity contribution is 7.92. The molecule has 0 atom stereocenters. The van der Waals surface area contributed by atoms with Crippen LogP contribution in [0, 0.1) is 0 Å². The first-order chi connectivity index (χ1) is 16.5. The van der Waals surface area contributed by atoms with E-state index in [1.165, 1.54) is 40.2 Å². The molecule has 0 bridgehead atoms. The normalized spacial score (nSPS) is 13.3. The molecule has 1 amide bonds. The number of hydrogen-bond acceptors (Lipinski definition) is 4. The minimum atomic E-state index is -4.90.